The first kappa shape index (κ1) is 12.1. The summed E-state index contributed by atoms with van der Waals surface area (Å²) in [6.07, 6.45) is 1.39. The zero-order valence-corrected chi connectivity index (χ0v) is 10.0. The van der Waals surface area contributed by atoms with Crippen molar-refractivity contribution in [3.63, 3.8) is 0 Å². The van der Waals surface area contributed by atoms with Gasteiger partial charge in [0.15, 0.2) is 0 Å². The van der Waals surface area contributed by atoms with Crippen molar-refractivity contribution in [1.29, 1.82) is 0 Å². The van der Waals surface area contributed by atoms with Crippen LogP contribution in [0.25, 0.3) is 0 Å². The monoisotopic (exact) mass is 240 g/mol. The Morgan fingerprint density at radius 2 is 2.18 bits per heavy atom. The highest BCUT2D eigenvalue weighted by Gasteiger charge is 2.35. The molecule has 0 spiro atoms. The normalized spacial score (nSPS) is 19.4. The number of hydrogen-bond donors (Lipinski definition) is 1. The zero-order valence-electron chi connectivity index (χ0n) is 10.0. The Morgan fingerprint density at radius 3 is 2.82 bits per heavy atom. The van der Waals surface area contributed by atoms with E-state index < -0.39 is 5.92 Å². The van der Waals surface area contributed by atoms with Crippen LogP contribution < -0.4 is 10.6 Å². The van der Waals surface area contributed by atoms with Gasteiger partial charge >= 0.3 is 0 Å². The van der Waals surface area contributed by atoms with Crippen LogP contribution in [0.3, 0.4) is 0 Å². The average molecular weight is 240 g/mol. The Hall–Kier alpha value is -1.32. The van der Waals surface area contributed by atoms with Crippen LogP contribution in [0.5, 0.6) is 0 Å². The molecular formula is C13H18F2N2. The number of rotatable bonds is 2. The summed E-state index contributed by atoms with van der Waals surface area (Å²) in [5.74, 6) is -2.59. The minimum Gasteiger partial charge on any atom is -0.397 e. The van der Waals surface area contributed by atoms with Crippen LogP contribution in [0.1, 0.15) is 25.3 Å². The molecule has 1 aromatic rings. The lowest BCUT2D eigenvalue weighted by molar-refractivity contribution is -0.0116. The number of nitrogens with zero attached hydrogens (tertiary/aromatic N) is 1. The molecule has 4 heteroatoms. The molecule has 1 aliphatic heterocycles. The Bertz CT molecular complexity index is 404. The lowest BCUT2D eigenvalue weighted by atomic mass is 10.0. The third-order valence-electron chi connectivity index (χ3n) is 3.24. The van der Waals surface area contributed by atoms with Crippen LogP contribution in [-0.2, 0) is 6.42 Å². The van der Waals surface area contributed by atoms with Gasteiger partial charge in [0.05, 0.1) is 17.9 Å². The van der Waals surface area contributed by atoms with Crippen molar-refractivity contribution in [3.8, 4) is 0 Å². The van der Waals surface area contributed by atoms with Crippen LogP contribution in [0, 0.1) is 0 Å². The number of nitrogens with two attached hydrogens (primary N) is 1. The molecule has 2 nitrogen and oxygen atoms in total. The smallest absolute Gasteiger partial charge is 0.265 e. The number of piperidine rings is 1. The fourth-order valence-electron chi connectivity index (χ4n) is 2.25. The minimum absolute atomic E-state index is 0.0170. The second-order valence-corrected chi connectivity index (χ2v) is 4.63. The molecule has 0 aliphatic carbocycles. The first-order chi connectivity index (χ1) is 8.02. The van der Waals surface area contributed by atoms with Crippen molar-refractivity contribution in [2.75, 3.05) is 23.7 Å². The summed E-state index contributed by atoms with van der Waals surface area (Å²) in [6, 6.07) is 5.68. The lowest BCUT2D eigenvalue weighted by Gasteiger charge is -2.35. The number of aryl methyl sites for hydroxylation is 1. The summed E-state index contributed by atoms with van der Waals surface area (Å²) in [7, 11) is 0. The molecule has 1 heterocycles. The number of benzene rings is 1. The van der Waals surface area contributed by atoms with Gasteiger partial charge in [-0.15, -0.1) is 0 Å². The molecule has 2 N–H and O–H groups in total. The Balaban J connectivity index is 2.26. The molecule has 1 aliphatic rings. The molecular weight excluding hydrogens is 222 g/mol. The van der Waals surface area contributed by atoms with E-state index in [1.54, 1.807) is 11.0 Å². The predicted molar refractivity (Wildman–Crippen MR) is 66.6 cm³/mol. The minimum atomic E-state index is -2.59. The molecule has 2 rings (SSSR count). The number of halogens is 2. The predicted octanol–water partition coefficient (Wildman–Crippen LogP) is 3.07. The molecule has 0 unspecified atom stereocenters. The van der Waals surface area contributed by atoms with Gasteiger partial charge in [-0.25, -0.2) is 8.78 Å². The topological polar surface area (TPSA) is 29.3 Å². The van der Waals surface area contributed by atoms with Gasteiger partial charge in [-0.05, 0) is 30.5 Å². The highest BCUT2D eigenvalue weighted by atomic mass is 19.3. The van der Waals surface area contributed by atoms with Crippen molar-refractivity contribution in [1.82, 2.24) is 0 Å². The molecule has 17 heavy (non-hydrogen) atoms. The standard InChI is InChI=1S/C13H18F2N2/c1-2-10-4-5-11(16)12(8-10)17-7-3-6-13(14,15)9-17/h4-5,8H,2-3,6-7,9,16H2,1H3. The average Bonchev–Trinajstić information content (AvgIpc) is 2.28. The van der Waals surface area contributed by atoms with E-state index in [9.17, 15) is 8.78 Å². The molecule has 0 aromatic heterocycles. The van der Waals surface area contributed by atoms with E-state index in [-0.39, 0.29) is 13.0 Å². The third kappa shape index (κ3) is 2.68. The molecule has 94 valence electrons. The van der Waals surface area contributed by atoms with E-state index in [1.165, 1.54) is 0 Å². The molecule has 0 atom stereocenters. The van der Waals surface area contributed by atoms with Crippen LogP contribution in [0.2, 0.25) is 0 Å². The molecule has 0 bridgehead atoms. The molecule has 1 aromatic carbocycles. The van der Waals surface area contributed by atoms with Crippen LogP contribution in [0.4, 0.5) is 20.2 Å². The zero-order chi connectivity index (χ0) is 12.5. The quantitative estimate of drug-likeness (QED) is 0.805. The third-order valence-corrected chi connectivity index (χ3v) is 3.24. The maximum absolute atomic E-state index is 13.4. The molecule has 0 radical (unpaired) electrons. The van der Waals surface area contributed by atoms with E-state index in [0.717, 1.165) is 17.7 Å². The van der Waals surface area contributed by atoms with Crippen molar-refractivity contribution < 1.29 is 8.78 Å². The van der Waals surface area contributed by atoms with Crippen molar-refractivity contribution >= 4 is 11.4 Å². The van der Waals surface area contributed by atoms with E-state index in [4.69, 9.17) is 5.73 Å². The van der Waals surface area contributed by atoms with Crippen LogP contribution in [0.15, 0.2) is 18.2 Å². The summed E-state index contributed by atoms with van der Waals surface area (Å²) in [4.78, 5) is 1.71. The van der Waals surface area contributed by atoms with Crippen molar-refractivity contribution in [2.24, 2.45) is 0 Å². The molecule has 1 saturated heterocycles. The van der Waals surface area contributed by atoms with Gasteiger partial charge in [-0.3, -0.25) is 0 Å². The summed E-state index contributed by atoms with van der Waals surface area (Å²) < 4.78 is 26.7. The largest absolute Gasteiger partial charge is 0.397 e. The number of anilines is 2. The highest BCUT2D eigenvalue weighted by Crippen LogP contribution is 2.33. The molecule has 1 fully saturated rings. The van der Waals surface area contributed by atoms with E-state index in [1.807, 2.05) is 19.1 Å². The van der Waals surface area contributed by atoms with Gasteiger partial charge in [-0.2, -0.15) is 0 Å². The first-order valence-electron chi connectivity index (χ1n) is 6.03. The van der Waals surface area contributed by atoms with E-state index >= 15 is 0 Å². The van der Waals surface area contributed by atoms with Gasteiger partial charge in [0.2, 0.25) is 0 Å². The molecule has 0 saturated carbocycles. The number of hydrogen-bond acceptors (Lipinski definition) is 2. The fraction of sp³-hybridized carbons (Fsp3) is 0.538. The van der Waals surface area contributed by atoms with Crippen LogP contribution in [-0.4, -0.2) is 19.0 Å². The Morgan fingerprint density at radius 1 is 1.41 bits per heavy atom. The van der Waals surface area contributed by atoms with E-state index in [2.05, 4.69) is 0 Å². The lowest BCUT2D eigenvalue weighted by Crippen LogP contribution is -2.42. The van der Waals surface area contributed by atoms with E-state index in [0.29, 0.717) is 18.7 Å². The highest BCUT2D eigenvalue weighted by molar-refractivity contribution is 5.68. The fourth-order valence-corrected chi connectivity index (χ4v) is 2.25. The van der Waals surface area contributed by atoms with Gasteiger partial charge in [0, 0.05) is 13.0 Å². The first-order valence-corrected chi connectivity index (χ1v) is 6.03. The maximum Gasteiger partial charge on any atom is 0.265 e. The van der Waals surface area contributed by atoms with Crippen LogP contribution >= 0.6 is 0 Å². The van der Waals surface area contributed by atoms with Crippen molar-refractivity contribution in [3.05, 3.63) is 23.8 Å². The van der Waals surface area contributed by atoms with Gasteiger partial charge in [0.1, 0.15) is 0 Å². The number of nitrogen functional groups attached to an aromatic ring is 1. The van der Waals surface area contributed by atoms with Gasteiger partial charge < -0.3 is 10.6 Å². The SMILES string of the molecule is CCc1ccc(N)c(N2CCCC(F)(F)C2)c1. The summed E-state index contributed by atoms with van der Waals surface area (Å²) >= 11 is 0. The number of alkyl halides is 2. The van der Waals surface area contributed by atoms with Gasteiger partial charge in [-0.1, -0.05) is 13.0 Å². The molecule has 0 amide bonds. The Labute approximate surface area is 100 Å². The second-order valence-electron chi connectivity index (χ2n) is 4.63. The summed E-state index contributed by atoms with van der Waals surface area (Å²) in [5.41, 5.74) is 8.34. The summed E-state index contributed by atoms with van der Waals surface area (Å²) in [5, 5.41) is 0. The second kappa shape index (κ2) is 4.51. The Kier molecular flexibility index (Phi) is 3.22. The maximum atomic E-state index is 13.4. The van der Waals surface area contributed by atoms with Crippen molar-refractivity contribution in [2.45, 2.75) is 32.1 Å². The summed E-state index contributed by atoms with van der Waals surface area (Å²) in [6.45, 7) is 2.48. The van der Waals surface area contributed by atoms with Gasteiger partial charge in [0.25, 0.3) is 5.92 Å².